The van der Waals surface area contributed by atoms with Crippen LogP contribution in [0.1, 0.15) is 18.2 Å². The summed E-state index contributed by atoms with van der Waals surface area (Å²) in [6.07, 6.45) is 1.24. The normalized spacial score (nSPS) is 13.7. The van der Waals surface area contributed by atoms with Crippen LogP contribution in [-0.4, -0.2) is 17.6 Å². The fraction of sp³-hybridized carbons (Fsp3) is 0.267. The van der Waals surface area contributed by atoms with Crippen LogP contribution in [0.5, 0.6) is 0 Å². The summed E-state index contributed by atoms with van der Waals surface area (Å²) in [5, 5.41) is 12.9. The van der Waals surface area contributed by atoms with E-state index in [1.165, 1.54) is 31.4 Å². The minimum atomic E-state index is -1.34. The molecular weight excluding hydrogens is 297 g/mol. The van der Waals surface area contributed by atoms with Crippen molar-refractivity contribution in [3.05, 3.63) is 58.8 Å². The van der Waals surface area contributed by atoms with Gasteiger partial charge in [-0.1, -0.05) is 17.7 Å². The van der Waals surface area contributed by atoms with Gasteiger partial charge < -0.3 is 14.8 Å². The Kier molecular flexibility index (Phi) is 4.65. The summed E-state index contributed by atoms with van der Waals surface area (Å²) in [7, 11) is 0. The lowest BCUT2D eigenvalue weighted by Crippen LogP contribution is -2.39. The van der Waals surface area contributed by atoms with Gasteiger partial charge >= 0.3 is 0 Å². The van der Waals surface area contributed by atoms with Gasteiger partial charge in [-0.3, -0.25) is 4.79 Å². The Labute approximate surface area is 126 Å². The Morgan fingerprint density at radius 3 is 2.81 bits per heavy atom. The lowest BCUT2D eigenvalue weighted by molar-refractivity contribution is -0.121. The third kappa shape index (κ3) is 3.83. The van der Waals surface area contributed by atoms with Gasteiger partial charge in [0.15, 0.2) is 0 Å². The van der Waals surface area contributed by atoms with Gasteiger partial charge in [-0.05, 0) is 31.2 Å². The number of aliphatic hydroxyl groups is 1. The zero-order valence-electron chi connectivity index (χ0n) is 11.4. The molecule has 1 atom stereocenters. The zero-order valence-corrected chi connectivity index (χ0v) is 12.2. The van der Waals surface area contributed by atoms with Crippen molar-refractivity contribution in [3.8, 4) is 0 Å². The number of furan rings is 1. The first kappa shape index (κ1) is 15.5. The Morgan fingerprint density at radius 2 is 2.19 bits per heavy atom. The highest BCUT2D eigenvalue weighted by atomic mass is 35.5. The van der Waals surface area contributed by atoms with Crippen molar-refractivity contribution in [1.29, 1.82) is 0 Å². The second-order valence-corrected chi connectivity index (χ2v) is 5.31. The standard InChI is InChI=1S/C15H15ClFNO3/c1-15(20,13-6-3-7-21-13)9-18-14(19)8-10-11(16)4-2-5-12(10)17/h2-7,20H,8-9H2,1H3,(H,18,19)/t15-/m1/s1. The first-order valence-corrected chi connectivity index (χ1v) is 6.74. The summed E-state index contributed by atoms with van der Waals surface area (Å²) in [5.74, 6) is -0.629. The second kappa shape index (κ2) is 6.28. The van der Waals surface area contributed by atoms with E-state index in [0.29, 0.717) is 5.76 Å². The van der Waals surface area contributed by atoms with Gasteiger partial charge in [0.25, 0.3) is 0 Å². The molecule has 1 aromatic carbocycles. The van der Waals surface area contributed by atoms with Crippen molar-refractivity contribution in [2.75, 3.05) is 6.54 Å². The maximum absolute atomic E-state index is 13.6. The molecule has 1 amide bonds. The van der Waals surface area contributed by atoms with Gasteiger partial charge in [0, 0.05) is 10.6 Å². The van der Waals surface area contributed by atoms with Crippen LogP contribution in [0.4, 0.5) is 4.39 Å². The summed E-state index contributed by atoms with van der Waals surface area (Å²) in [6, 6.07) is 7.49. The van der Waals surface area contributed by atoms with Gasteiger partial charge in [-0.25, -0.2) is 4.39 Å². The molecule has 4 nitrogen and oxygen atoms in total. The van der Waals surface area contributed by atoms with Crippen molar-refractivity contribution >= 4 is 17.5 Å². The van der Waals surface area contributed by atoms with Crippen LogP contribution in [-0.2, 0) is 16.8 Å². The number of carbonyl (C=O) groups excluding carboxylic acids is 1. The summed E-state index contributed by atoms with van der Waals surface area (Å²) in [5.41, 5.74) is -1.20. The third-order valence-corrected chi connectivity index (χ3v) is 3.43. The van der Waals surface area contributed by atoms with Crippen molar-refractivity contribution < 1.29 is 18.7 Å². The van der Waals surface area contributed by atoms with Crippen LogP contribution >= 0.6 is 11.6 Å². The molecule has 0 fully saturated rings. The molecule has 2 N–H and O–H groups in total. The van der Waals surface area contributed by atoms with E-state index in [1.807, 2.05) is 0 Å². The number of rotatable bonds is 5. The van der Waals surface area contributed by atoms with Crippen LogP contribution in [0.2, 0.25) is 5.02 Å². The molecule has 2 aromatic rings. The number of carbonyl (C=O) groups is 1. The van der Waals surface area contributed by atoms with E-state index < -0.39 is 17.3 Å². The predicted molar refractivity (Wildman–Crippen MR) is 76.4 cm³/mol. The Hall–Kier alpha value is -1.85. The Balaban J connectivity index is 1.97. The highest BCUT2D eigenvalue weighted by molar-refractivity contribution is 6.31. The van der Waals surface area contributed by atoms with Crippen molar-refractivity contribution in [1.82, 2.24) is 5.32 Å². The van der Waals surface area contributed by atoms with E-state index in [-0.39, 0.29) is 23.6 Å². The molecule has 0 unspecified atom stereocenters. The topological polar surface area (TPSA) is 62.5 Å². The maximum Gasteiger partial charge on any atom is 0.224 e. The molecule has 1 aromatic heterocycles. The van der Waals surface area contributed by atoms with Gasteiger partial charge in [-0.15, -0.1) is 0 Å². The molecule has 112 valence electrons. The SMILES string of the molecule is C[C@@](O)(CNC(=O)Cc1c(F)cccc1Cl)c1ccco1. The van der Waals surface area contributed by atoms with Crippen molar-refractivity contribution in [2.24, 2.45) is 0 Å². The van der Waals surface area contributed by atoms with Crippen LogP contribution in [0.25, 0.3) is 0 Å². The Morgan fingerprint density at radius 1 is 1.43 bits per heavy atom. The summed E-state index contributed by atoms with van der Waals surface area (Å²) in [4.78, 5) is 11.9. The number of amides is 1. The first-order valence-electron chi connectivity index (χ1n) is 6.36. The van der Waals surface area contributed by atoms with Crippen LogP contribution in [0, 0.1) is 5.82 Å². The largest absolute Gasteiger partial charge is 0.466 e. The molecule has 21 heavy (non-hydrogen) atoms. The molecule has 0 spiro atoms. The summed E-state index contributed by atoms with van der Waals surface area (Å²) >= 11 is 5.86. The van der Waals surface area contributed by atoms with Gasteiger partial charge in [0.05, 0.1) is 19.2 Å². The molecule has 0 radical (unpaired) electrons. The molecule has 0 aliphatic carbocycles. The maximum atomic E-state index is 13.6. The lowest BCUT2D eigenvalue weighted by atomic mass is 10.0. The molecule has 0 aliphatic heterocycles. The molecule has 1 heterocycles. The number of benzene rings is 1. The first-order chi connectivity index (χ1) is 9.90. The second-order valence-electron chi connectivity index (χ2n) is 4.90. The molecule has 0 saturated heterocycles. The van der Waals surface area contributed by atoms with Crippen LogP contribution in [0.3, 0.4) is 0 Å². The van der Waals surface area contributed by atoms with Gasteiger partial charge in [0.2, 0.25) is 5.91 Å². The van der Waals surface area contributed by atoms with E-state index in [2.05, 4.69) is 5.32 Å². The van der Waals surface area contributed by atoms with Crippen molar-refractivity contribution in [2.45, 2.75) is 18.9 Å². The lowest BCUT2D eigenvalue weighted by Gasteiger charge is -2.21. The van der Waals surface area contributed by atoms with E-state index in [9.17, 15) is 14.3 Å². The van der Waals surface area contributed by atoms with E-state index in [4.69, 9.17) is 16.0 Å². The summed E-state index contributed by atoms with van der Waals surface area (Å²) in [6.45, 7) is 1.47. The fourth-order valence-electron chi connectivity index (χ4n) is 1.87. The predicted octanol–water partition coefficient (Wildman–Crippen LogP) is 2.64. The number of halogens is 2. The quantitative estimate of drug-likeness (QED) is 0.892. The van der Waals surface area contributed by atoms with E-state index in [0.717, 1.165) is 0 Å². The van der Waals surface area contributed by atoms with Gasteiger partial charge in [0.1, 0.15) is 17.2 Å². The average molecular weight is 312 g/mol. The zero-order chi connectivity index (χ0) is 15.5. The molecule has 0 saturated carbocycles. The molecule has 0 aliphatic rings. The highest BCUT2D eigenvalue weighted by Crippen LogP contribution is 2.21. The third-order valence-electron chi connectivity index (χ3n) is 3.08. The molecular formula is C15H15ClFNO3. The van der Waals surface area contributed by atoms with E-state index in [1.54, 1.807) is 12.1 Å². The molecule has 6 heteroatoms. The fourth-order valence-corrected chi connectivity index (χ4v) is 2.10. The minimum absolute atomic E-state index is 0.0502. The average Bonchev–Trinajstić information content (AvgIpc) is 2.96. The number of nitrogens with one attached hydrogen (secondary N) is 1. The van der Waals surface area contributed by atoms with Crippen molar-refractivity contribution in [3.63, 3.8) is 0 Å². The molecule has 0 bridgehead atoms. The van der Waals surface area contributed by atoms with Crippen LogP contribution in [0.15, 0.2) is 41.0 Å². The Bertz CT molecular complexity index is 606. The van der Waals surface area contributed by atoms with E-state index >= 15 is 0 Å². The summed E-state index contributed by atoms with van der Waals surface area (Å²) < 4.78 is 18.7. The number of hydrogen-bond acceptors (Lipinski definition) is 3. The van der Waals surface area contributed by atoms with Gasteiger partial charge in [-0.2, -0.15) is 0 Å². The van der Waals surface area contributed by atoms with Crippen LogP contribution < -0.4 is 5.32 Å². The minimum Gasteiger partial charge on any atom is -0.466 e. The number of hydrogen-bond donors (Lipinski definition) is 2. The highest BCUT2D eigenvalue weighted by Gasteiger charge is 2.27. The molecule has 2 rings (SSSR count). The monoisotopic (exact) mass is 311 g/mol. The smallest absolute Gasteiger partial charge is 0.224 e.